The van der Waals surface area contributed by atoms with Crippen molar-refractivity contribution in [2.45, 2.75) is 39.2 Å². The number of nitrogens with one attached hydrogen (secondary N) is 1. The minimum absolute atomic E-state index is 0.0227. The van der Waals surface area contributed by atoms with E-state index in [-0.39, 0.29) is 11.5 Å². The highest BCUT2D eigenvalue weighted by Gasteiger charge is 2.22. The summed E-state index contributed by atoms with van der Waals surface area (Å²) in [4.78, 5) is 31.6. The largest absolute Gasteiger partial charge is 0.497 e. The fraction of sp³-hybridized carbons (Fsp3) is 0.409. The first kappa shape index (κ1) is 20.4. The predicted molar refractivity (Wildman–Crippen MR) is 117 cm³/mol. The third-order valence-corrected chi connectivity index (χ3v) is 6.73. The number of amides is 1. The molecule has 1 amide bonds. The van der Waals surface area contributed by atoms with Crippen LogP contribution in [0.25, 0.3) is 10.2 Å². The van der Waals surface area contributed by atoms with Crippen LogP contribution in [0.2, 0.25) is 0 Å². The Balaban J connectivity index is 1.52. The van der Waals surface area contributed by atoms with E-state index < -0.39 is 0 Å². The van der Waals surface area contributed by atoms with E-state index in [0.717, 1.165) is 42.1 Å². The first-order valence-corrected chi connectivity index (χ1v) is 10.9. The minimum Gasteiger partial charge on any atom is -0.497 e. The first-order chi connectivity index (χ1) is 14.5. The number of hydrogen-bond acceptors (Lipinski definition) is 6. The molecule has 1 aromatic carbocycles. The molecule has 7 nitrogen and oxygen atoms in total. The van der Waals surface area contributed by atoms with E-state index in [4.69, 9.17) is 9.47 Å². The molecule has 1 aliphatic rings. The number of rotatable bonds is 6. The van der Waals surface area contributed by atoms with Crippen molar-refractivity contribution in [1.29, 1.82) is 0 Å². The molecule has 1 N–H and O–H groups in total. The smallest absolute Gasteiger partial charge is 0.262 e. The fourth-order valence-corrected chi connectivity index (χ4v) is 5.01. The van der Waals surface area contributed by atoms with Gasteiger partial charge in [-0.05, 0) is 43.4 Å². The SMILES string of the molecule is COc1ccc(CCNC(=O)c2sc3nc4n(c(=O)c3c2C)CCCC4)c(OC)c1. The van der Waals surface area contributed by atoms with Crippen LogP contribution in [0.1, 0.15) is 39.5 Å². The standard InChI is InChI=1S/C22H25N3O4S/c1-13-18-21(24-17-6-4-5-11-25(17)22(18)27)30-19(13)20(26)23-10-9-14-7-8-15(28-2)12-16(14)29-3/h7-8,12H,4-6,9-11H2,1-3H3,(H,23,26). The molecule has 0 saturated carbocycles. The summed E-state index contributed by atoms with van der Waals surface area (Å²) in [6, 6.07) is 5.63. The Kier molecular flexibility index (Phi) is 5.76. The second-order valence-corrected chi connectivity index (χ2v) is 8.36. The quantitative estimate of drug-likeness (QED) is 0.654. The number of thiophene rings is 1. The van der Waals surface area contributed by atoms with E-state index in [1.54, 1.807) is 18.8 Å². The van der Waals surface area contributed by atoms with Crippen LogP contribution in [0.15, 0.2) is 23.0 Å². The number of aryl methyl sites for hydroxylation is 2. The van der Waals surface area contributed by atoms with Gasteiger partial charge in [-0.1, -0.05) is 6.07 Å². The summed E-state index contributed by atoms with van der Waals surface area (Å²) in [5.74, 6) is 2.11. The molecule has 3 heterocycles. The highest BCUT2D eigenvalue weighted by atomic mass is 32.1. The number of benzene rings is 1. The second kappa shape index (κ2) is 8.47. The van der Waals surface area contributed by atoms with E-state index in [1.165, 1.54) is 11.3 Å². The van der Waals surface area contributed by atoms with Gasteiger partial charge in [0.05, 0.1) is 24.5 Å². The zero-order valence-corrected chi connectivity index (χ0v) is 18.2. The van der Waals surface area contributed by atoms with Gasteiger partial charge >= 0.3 is 0 Å². The van der Waals surface area contributed by atoms with Crippen molar-refractivity contribution in [3.8, 4) is 11.5 Å². The normalized spacial score (nSPS) is 13.2. The molecule has 8 heteroatoms. The molecule has 0 radical (unpaired) electrons. The lowest BCUT2D eigenvalue weighted by atomic mass is 10.1. The number of aromatic nitrogens is 2. The van der Waals surface area contributed by atoms with Crippen molar-refractivity contribution in [1.82, 2.24) is 14.9 Å². The van der Waals surface area contributed by atoms with E-state index >= 15 is 0 Å². The lowest BCUT2D eigenvalue weighted by Gasteiger charge is -2.16. The van der Waals surface area contributed by atoms with Gasteiger partial charge in [0.2, 0.25) is 0 Å². The molecule has 158 valence electrons. The van der Waals surface area contributed by atoms with Gasteiger partial charge in [-0.15, -0.1) is 11.3 Å². The molecule has 0 aliphatic carbocycles. The summed E-state index contributed by atoms with van der Waals surface area (Å²) in [5, 5.41) is 3.54. The average Bonchev–Trinajstić information content (AvgIpc) is 3.10. The van der Waals surface area contributed by atoms with Crippen LogP contribution >= 0.6 is 11.3 Å². The molecule has 1 aliphatic heterocycles. The molecule has 0 fully saturated rings. The molecule has 0 bridgehead atoms. The Morgan fingerprint density at radius 3 is 2.87 bits per heavy atom. The second-order valence-electron chi connectivity index (χ2n) is 7.36. The Labute approximate surface area is 178 Å². The Hall–Kier alpha value is -2.87. The summed E-state index contributed by atoms with van der Waals surface area (Å²) in [5.41, 5.74) is 1.68. The number of nitrogens with zero attached hydrogens (tertiary/aromatic N) is 2. The molecule has 30 heavy (non-hydrogen) atoms. The lowest BCUT2D eigenvalue weighted by molar-refractivity contribution is 0.0957. The maximum Gasteiger partial charge on any atom is 0.262 e. The Morgan fingerprint density at radius 2 is 2.10 bits per heavy atom. The highest BCUT2D eigenvalue weighted by Crippen LogP contribution is 2.29. The summed E-state index contributed by atoms with van der Waals surface area (Å²) in [6.45, 7) is 2.99. The van der Waals surface area contributed by atoms with Gasteiger partial charge in [0.1, 0.15) is 22.2 Å². The van der Waals surface area contributed by atoms with Crippen LogP contribution in [-0.4, -0.2) is 36.2 Å². The van der Waals surface area contributed by atoms with E-state index in [2.05, 4.69) is 10.3 Å². The maximum atomic E-state index is 12.9. The number of ether oxygens (including phenoxy) is 2. The third-order valence-electron chi connectivity index (χ3n) is 5.54. The van der Waals surface area contributed by atoms with Crippen molar-refractivity contribution >= 4 is 27.5 Å². The number of hydrogen-bond donors (Lipinski definition) is 1. The maximum absolute atomic E-state index is 12.9. The monoisotopic (exact) mass is 427 g/mol. The zero-order chi connectivity index (χ0) is 21.3. The molecular weight excluding hydrogens is 402 g/mol. The molecule has 3 aromatic rings. The lowest BCUT2D eigenvalue weighted by Crippen LogP contribution is -2.28. The molecule has 0 atom stereocenters. The number of methoxy groups -OCH3 is 2. The van der Waals surface area contributed by atoms with Gasteiger partial charge in [0.25, 0.3) is 11.5 Å². The summed E-state index contributed by atoms with van der Waals surface area (Å²) >= 11 is 1.30. The van der Waals surface area contributed by atoms with Crippen LogP contribution in [-0.2, 0) is 19.4 Å². The zero-order valence-electron chi connectivity index (χ0n) is 17.4. The number of fused-ring (bicyclic) bond motifs is 2. The van der Waals surface area contributed by atoms with Gasteiger partial charge in [-0.25, -0.2) is 4.98 Å². The van der Waals surface area contributed by atoms with E-state index in [1.807, 2.05) is 25.1 Å². The van der Waals surface area contributed by atoms with E-state index in [9.17, 15) is 9.59 Å². The van der Waals surface area contributed by atoms with Gasteiger partial charge < -0.3 is 14.8 Å². The van der Waals surface area contributed by atoms with Gasteiger partial charge in [-0.2, -0.15) is 0 Å². The topological polar surface area (TPSA) is 82.5 Å². The summed E-state index contributed by atoms with van der Waals surface area (Å²) in [7, 11) is 3.22. The van der Waals surface area contributed by atoms with Crippen LogP contribution in [0, 0.1) is 6.92 Å². The number of carbonyl (C=O) groups is 1. The Morgan fingerprint density at radius 1 is 1.27 bits per heavy atom. The molecule has 4 rings (SSSR count). The van der Waals surface area contributed by atoms with Crippen molar-refractivity contribution in [3.63, 3.8) is 0 Å². The highest BCUT2D eigenvalue weighted by molar-refractivity contribution is 7.20. The molecule has 0 saturated heterocycles. The molecular formula is C22H25N3O4S. The van der Waals surface area contributed by atoms with Crippen molar-refractivity contribution in [3.05, 3.63) is 50.4 Å². The molecule has 0 unspecified atom stereocenters. The van der Waals surface area contributed by atoms with Crippen molar-refractivity contribution < 1.29 is 14.3 Å². The number of carbonyl (C=O) groups excluding carboxylic acids is 1. The van der Waals surface area contributed by atoms with Crippen LogP contribution in [0.4, 0.5) is 0 Å². The fourth-order valence-electron chi connectivity index (χ4n) is 3.90. The van der Waals surface area contributed by atoms with Crippen LogP contribution < -0.4 is 20.3 Å². The van der Waals surface area contributed by atoms with Gasteiger partial charge in [-0.3, -0.25) is 14.2 Å². The average molecular weight is 428 g/mol. The van der Waals surface area contributed by atoms with E-state index in [0.29, 0.717) is 40.2 Å². The van der Waals surface area contributed by atoms with Gasteiger partial charge in [0, 0.05) is 25.6 Å². The molecule has 0 spiro atoms. The van der Waals surface area contributed by atoms with Crippen LogP contribution in [0.3, 0.4) is 0 Å². The third kappa shape index (κ3) is 3.67. The molecule has 2 aromatic heterocycles. The minimum atomic E-state index is -0.176. The first-order valence-electron chi connectivity index (χ1n) is 10.1. The van der Waals surface area contributed by atoms with Crippen LogP contribution in [0.5, 0.6) is 11.5 Å². The summed E-state index contributed by atoms with van der Waals surface area (Å²) < 4.78 is 12.4. The van der Waals surface area contributed by atoms with Crippen molar-refractivity contribution in [2.24, 2.45) is 0 Å². The van der Waals surface area contributed by atoms with Crippen molar-refractivity contribution in [2.75, 3.05) is 20.8 Å². The van der Waals surface area contributed by atoms with Gasteiger partial charge in [0.15, 0.2) is 0 Å². The predicted octanol–water partition coefficient (Wildman–Crippen LogP) is 3.09. The Bertz CT molecular complexity index is 1170. The summed E-state index contributed by atoms with van der Waals surface area (Å²) in [6.07, 6.45) is 3.47.